The Kier molecular flexibility index (Phi) is 4.47. The van der Waals surface area contributed by atoms with Crippen LogP contribution in [-0.4, -0.2) is 15.7 Å². The molecule has 21 heavy (non-hydrogen) atoms. The van der Waals surface area contributed by atoms with Crippen LogP contribution in [0.2, 0.25) is 5.02 Å². The van der Waals surface area contributed by atoms with Crippen molar-refractivity contribution in [3.63, 3.8) is 0 Å². The number of anilines is 1. The first-order valence-corrected chi connectivity index (χ1v) is 6.74. The summed E-state index contributed by atoms with van der Waals surface area (Å²) in [5, 5.41) is 4.71. The van der Waals surface area contributed by atoms with Crippen molar-refractivity contribution < 1.29 is 13.9 Å². The van der Waals surface area contributed by atoms with Crippen molar-refractivity contribution in [2.24, 2.45) is 7.05 Å². The Bertz CT molecular complexity index is 685. The lowest BCUT2D eigenvalue weighted by molar-refractivity contribution is 0.0465. The number of aromatic nitrogens is 2. The van der Waals surface area contributed by atoms with E-state index in [1.807, 2.05) is 6.92 Å². The van der Waals surface area contributed by atoms with Crippen molar-refractivity contribution in [1.82, 2.24) is 9.78 Å². The van der Waals surface area contributed by atoms with Gasteiger partial charge < -0.3 is 10.5 Å². The third-order valence-corrected chi connectivity index (χ3v) is 3.51. The Balaban J connectivity index is 2.13. The molecular weight excluding hydrogens is 297 g/mol. The largest absolute Gasteiger partial charge is 0.455 e. The molecule has 0 aliphatic heterocycles. The zero-order valence-corrected chi connectivity index (χ0v) is 12.4. The van der Waals surface area contributed by atoms with Gasteiger partial charge in [0, 0.05) is 12.7 Å². The molecule has 0 radical (unpaired) electrons. The Hall–Kier alpha value is -2.08. The maximum atomic E-state index is 12.9. The molecule has 0 unspecified atom stereocenters. The Labute approximate surface area is 126 Å². The van der Waals surface area contributed by atoms with Crippen molar-refractivity contribution in [2.45, 2.75) is 20.0 Å². The molecule has 0 bridgehead atoms. The molecule has 0 fully saturated rings. The van der Waals surface area contributed by atoms with Gasteiger partial charge in [-0.2, -0.15) is 5.10 Å². The molecule has 0 atom stereocenters. The van der Waals surface area contributed by atoms with Gasteiger partial charge in [-0.15, -0.1) is 0 Å². The lowest BCUT2D eigenvalue weighted by Crippen LogP contribution is -2.10. The quantitative estimate of drug-likeness (QED) is 0.696. The van der Waals surface area contributed by atoms with Gasteiger partial charge in [-0.25, -0.2) is 9.18 Å². The van der Waals surface area contributed by atoms with Crippen LogP contribution in [0, 0.1) is 5.82 Å². The van der Waals surface area contributed by atoms with Crippen LogP contribution in [0.4, 0.5) is 10.1 Å². The highest BCUT2D eigenvalue weighted by molar-refractivity contribution is 6.31. The second-order valence-electron chi connectivity index (χ2n) is 4.49. The number of halogens is 2. The maximum absolute atomic E-state index is 12.9. The molecule has 1 heterocycles. The summed E-state index contributed by atoms with van der Waals surface area (Å²) in [4.78, 5) is 12.0. The summed E-state index contributed by atoms with van der Waals surface area (Å²) in [5.41, 5.74) is 7.08. The fourth-order valence-corrected chi connectivity index (χ4v) is 2.26. The number of nitrogen functional groups attached to an aromatic ring is 1. The van der Waals surface area contributed by atoms with Gasteiger partial charge in [0.1, 0.15) is 12.4 Å². The second-order valence-corrected chi connectivity index (χ2v) is 4.87. The van der Waals surface area contributed by atoms with Crippen molar-refractivity contribution >= 4 is 23.3 Å². The van der Waals surface area contributed by atoms with Crippen LogP contribution >= 0.6 is 11.6 Å². The van der Waals surface area contributed by atoms with E-state index in [2.05, 4.69) is 5.10 Å². The highest BCUT2D eigenvalue weighted by atomic mass is 35.5. The normalized spacial score (nSPS) is 10.7. The monoisotopic (exact) mass is 311 g/mol. The molecule has 1 aromatic carbocycles. The number of carbonyl (C=O) groups is 1. The average molecular weight is 312 g/mol. The van der Waals surface area contributed by atoms with Crippen LogP contribution in [-0.2, 0) is 24.8 Å². The average Bonchev–Trinajstić information content (AvgIpc) is 2.71. The minimum absolute atomic E-state index is 0.0298. The summed E-state index contributed by atoms with van der Waals surface area (Å²) < 4.78 is 19.7. The molecule has 112 valence electrons. The minimum atomic E-state index is -0.636. The summed E-state index contributed by atoms with van der Waals surface area (Å²) in [7, 11) is 1.72. The van der Waals surface area contributed by atoms with E-state index in [9.17, 15) is 9.18 Å². The molecule has 1 aromatic heterocycles. The summed E-state index contributed by atoms with van der Waals surface area (Å²) in [6.07, 6.45) is 0.686. The van der Waals surface area contributed by atoms with Crippen molar-refractivity contribution in [1.29, 1.82) is 0 Å². The van der Waals surface area contributed by atoms with Gasteiger partial charge >= 0.3 is 5.97 Å². The van der Waals surface area contributed by atoms with Gasteiger partial charge in [0.2, 0.25) is 0 Å². The third-order valence-electron chi connectivity index (χ3n) is 3.08. The smallest absolute Gasteiger partial charge is 0.340 e. The number of benzene rings is 1. The second kappa shape index (κ2) is 6.13. The molecule has 0 aliphatic rings. The van der Waals surface area contributed by atoms with E-state index in [4.69, 9.17) is 22.1 Å². The third kappa shape index (κ3) is 3.16. The van der Waals surface area contributed by atoms with E-state index in [1.165, 1.54) is 6.07 Å². The van der Waals surface area contributed by atoms with Gasteiger partial charge in [-0.05, 0) is 24.6 Å². The van der Waals surface area contributed by atoms with Crippen LogP contribution in [0.25, 0.3) is 0 Å². The fraction of sp³-hybridized carbons (Fsp3) is 0.286. The van der Waals surface area contributed by atoms with Gasteiger partial charge in [0.05, 0.1) is 22.0 Å². The predicted molar refractivity (Wildman–Crippen MR) is 77.5 cm³/mol. The van der Waals surface area contributed by atoms with Crippen LogP contribution in [0.15, 0.2) is 18.2 Å². The van der Waals surface area contributed by atoms with Crippen molar-refractivity contribution in [3.05, 3.63) is 46.0 Å². The molecule has 2 aromatic rings. The number of nitrogens with two attached hydrogens (primary N) is 1. The van der Waals surface area contributed by atoms with Crippen LogP contribution in [0.3, 0.4) is 0 Å². The van der Waals surface area contributed by atoms with Crippen LogP contribution in [0.1, 0.15) is 28.7 Å². The summed E-state index contributed by atoms with van der Waals surface area (Å²) in [5.74, 6) is -1.14. The number of carbonyl (C=O) groups excluding carboxylic acids is 1. The number of nitrogens with zero attached hydrogens (tertiary/aromatic N) is 2. The molecule has 0 aliphatic carbocycles. The zero-order valence-electron chi connectivity index (χ0n) is 11.7. The first-order valence-electron chi connectivity index (χ1n) is 6.36. The van der Waals surface area contributed by atoms with Gasteiger partial charge in [-0.3, -0.25) is 4.68 Å². The Morgan fingerprint density at radius 1 is 1.52 bits per heavy atom. The van der Waals surface area contributed by atoms with Gasteiger partial charge in [-0.1, -0.05) is 18.5 Å². The van der Waals surface area contributed by atoms with Crippen LogP contribution in [0.5, 0.6) is 0 Å². The molecule has 2 rings (SSSR count). The van der Waals surface area contributed by atoms with Crippen molar-refractivity contribution in [3.8, 4) is 0 Å². The van der Waals surface area contributed by atoms with Gasteiger partial charge in [0.25, 0.3) is 0 Å². The van der Waals surface area contributed by atoms with E-state index in [-0.39, 0.29) is 17.9 Å². The highest BCUT2D eigenvalue weighted by Gasteiger charge is 2.17. The van der Waals surface area contributed by atoms with E-state index >= 15 is 0 Å². The molecular formula is C14H15ClFN3O2. The van der Waals surface area contributed by atoms with E-state index in [0.717, 1.165) is 17.8 Å². The predicted octanol–water partition coefficient (Wildman–Crippen LogP) is 2.71. The lowest BCUT2D eigenvalue weighted by atomic mass is 10.2. The molecule has 5 nitrogen and oxygen atoms in total. The standard InChI is InChI=1S/C14H15ClFN3O2/c1-3-11-13(15)12(19(2)18-11)7-21-14(20)9-5-4-8(16)6-10(9)17/h4-6H,3,7,17H2,1-2H3. The van der Waals surface area contributed by atoms with E-state index in [0.29, 0.717) is 17.1 Å². The molecule has 0 spiro atoms. The van der Waals surface area contributed by atoms with Gasteiger partial charge in [0.15, 0.2) is 0 Å². The fourth-order valence-electron chi connectivity index (χ4n) is 1.91. The maximum Gasteiger partial charge on any atom is 0.340 e. The number of esters is 1. The lowest BCUT2D eigenvalue weighted by Gasteiger charge is -2.07. The molecule has 0 amide bonds. The number of ether oxygens (including phenoxy) is 1. The Morgan fingerprint density at radius 2 is 2.24 bits per heavy atom. The minimum Gasteiger partial charge on any atom is -0.455 e. The number of hydrogen-bond acceptors (Lipinski definition) is 4. The summed E-state index contributed by atoms with van der Waals surface area (Å²) in [6.45, 7) is 1.90. The Morgan fingerprint density at radius 3 is 2.81 bits per heavy atom. The summed E-state index contributed by atoms with van der Waals surface area (Å²) >= 11 is 6.16. The molecule has 2 N–H and O–H groups in total. The van der Waals surface area contributed by atoms with E-state index in [1.54, 1.807) is 11.7 Å². The topological polar surface area (TPSA) is 70.1 Å². The van der Waals surface area contributed by atoms with Crippen molar-refractivity contribution in [2.75, 3.05) is 5.73 Å². The SMILES string of the molecule is CCc1nn(C)c(COC(=O)c2ccc(F)cc2N)c1Cl. The first kappa shape index (κ1) is 15.3. The first-order chi connectivity index (χ1) is 9.93. The number of hydrogen-bond donors (Lipinski definition) is 1. The number of aryl methyl sites for hydroxylation is 2. The molecule has 0 saturated carbocycles. The highest BCUT2D eigenvalue weighted by Crippen LogP contribution is 2.22. The zero-order chi connectivity index (χ0) is 15.6. The number of rotatable bonds is 4. The van der Waals surface area contributed by atoms with E-state index < -0.39 is 11.8 Å². The summed E-state index contributed by atoms with van der Waals surface area (Å²) in [6, 6.07) is 3.51. The van der Waals surface area contributed by atoms with Crippen LogP contribution < -0.4 is 5.73 Å². The molecule has 7 heteroatoms. The molecule has 0 saturated heterocycles.